The smallest absolute Gasteiger partial charge is 0.417 e. The number of carbonyl (C=O) groups excluding carboxylic acids is 1. The van der Waals surface area contributed by atoms with Crippen molar-refractivity contribution >= 4 is 11.5 Å². The van der Waals surface area contributed by atoms with Crippen LogP contribution in [0, 0.1) is 17.3 Å². The van der Waals surface area contributed by atoms with Gasteiger partial charge in [-0.15, -0.1) is 0 Å². The van der Waals surface area contributed by atoms with Gasteiger partial charge in [0, 0.05) is 18.9 Å². The second kappa shape index (κ2) is 8.99. The molecule has 1 heterocycles. The van der Waals surface area contributed by atoms with Crippen LogP contribution < -0.4 is 10.1 Å². The summed E-state index contributed by atoms with van der Waals surface area (Å²) in [5.41, 5.74) is 3.46. The largest absolute Gasteiger partial charge is 0.484 e. The van der Waals surface area contributed by atoms with Gasteiger partial charge in [0.2, 0.25) is 0 Å². The molecule has 1 aromatic heterocycles. The first kappa shape index (κ1) is 23.9. The van der Waals surface area contributed by atoms with Gasteiger partial charge in [-0.05, 0) is 103 Å². The number of amides is 1. The third kappa shape index (κ3) is 4.34. The number of halogens is 3. The lowest BCUT2D eigenvalue weighted by atomic mass is 9.54. The molecule has 2 aromatic rings. The van der Waals surface area contributed by atoms with Gasteiger partial charge >= 0.3 is 6.18 Å². The topological polar surface area (TPSA) is 51.2 Å². The Morgan fingerprint density at radius 2 is 2.06 bits per heavy atom. The highest BCUT2D eigenvalue weighted by atomic mass is 19.4. The number of nitrogens with zero attached hydrogens (tertiary/aromatic N) is 1. The quantitative estimate of drug-likeness (QED) is 0.553. The van der Waals surface area contributed by atoms with Crippen molar-refractivity contribution in [2.45, 2.75) is 58.0 Å². The van der Waals surface area contributed by atoms with Crippen molar-refractivity contribution in [2.24, 2.45) is 17.3 Å². The summed E-state index contributed by atoms with van der Waals surface area (Å²) < 4.78 is 45.6. The molecule has 0 saturated heterocycles. The number of allylic oxidation sites excluding steroid dienone is 2. The first-order valence-corrected chi connectivity index (χ1v) is 12.5. The third-order valence-electron chi connectivity index (χ3n) is 8.40. The maximum absolute atomic E-state index is 13.3. The predicted molar refractivity (Wildman–Crippen MR) is 128 cm³/mol. The zero-order valence-corrected chi connectivity index (χ0v) is 20.1. The highest BCUT2D eigenvalue weighted by Gasteiger charge is 2.52. The lowest BCUT2D eigenvalue weighted by Crippen LogP contribution is -2.40. The molecule has 1 aromatic carbocycles. The van der Waals surface area contributed by atoms with E-state index in [0.29, 0.717) is 29.9 Å². The Kier molecular flexibility index (Phi) is 6.14. The van der Waals surface area contributed by atoms with E-state index in [0.717, 1.165) is 49.6 Å². The van der Waals surface area contributed by atoms with E-state index in [4.69, 9.17) is 4.74 Å². The Morgan fingerprint density at radius 3 is 2.83 bits per heavy atom. The maximum Gasteiger partial charge on any atom is 0.417 e. The molecule has 35 heavy (non-hydrogen) atoms. The number of likely N-dealkylation sites (N-methyl/N-ethyl adjacent to an activating group) is 1. The van der Waals surface area contributed by atoms with E-state index in [1.165, 1.54) is 17.2 Å². The molecule has 0 radical (unpaired) electrons. The van der Waals surface area contributed by atoms with Gasteiger partial charge in [-0.2, -0.15) is 13.2 Å². The number of hydrogen-bond donors (Lipinski definition) is 1. The number of nitrogens with one attached hydrogen (secondary N) is 1. The molecule has 1 fully saturated rings. The molecular formula is C28H31F3N2O2. The number of rotatable bonds is 5. The van der Waals surface area contributed by atoms with Gasteiger partial charge in [0.1, 0.15) is 5.75 Å². The van der Waals surface area contributed by atoms with Crippen LogP contribution in [0.4, 0.5) is 13.2 Å². The van der Waals surface area contributed by atoms with E-state index in [1.807, 2.05) is 13.0 Å². The lowest BCUT2D eigenvalue weighted by Gasteiger charge is -2.50. The Balaban J connectivity index is 1.34. The van der Waals surface area contributed by atoms with Gasteiger partial charge in [0.25, 0.3) is 5.91 Å². The Labute approximate surface area is 204 Å². The summed E-state index contributed by atoms with van der Waals surface area (Å²) >= 11 is 0. The number of ether oxygens (including phenoxy) is 1. The van der Waals surface area contributed by atoms with Crippen LogP contribution in [0.25, 0.3) is 5.57 Å². The first-order chi connectivity index (χ1) is 16.7. The van der Waals surface area contributed by atoms with Crippen molar-refractivity contribution in [3.8, 4) is 5.75 Å². The summed E-state index contributed by atoms with van der Waals surface area (Å²) in [6.07, 6.45) is 5.10. The molecule has 1 amide bonds. The molecule has 0 spiro atoms. The number of pyridine rings is 1. The second-order valence-electron chi connectivity index (χ2n) is 10.3. The molecule has 7 heteroatoms. The van der Waals surface area contributed by atoms with Crippen LogP contribution in [0.3, 0.4) is 0 Å². The van der Waals surface area contributed by atoms with Crippen molar-refractivity contribution in [3.05, 3.63) is 65.0 Å². The van der Waals surface area contributed by atoms with Crippen molar-refractivity contribution in [1.29, 1.82) is 0 Å². The number of hydrogen-bond acceptors (Lipinski definition) is 3. The molecular weight excluding hydrogens is 453 g/mol. The fourth-order valence-electron chi connectivity index (χ4n) is 6.80. The Hall–Kier alpha value is -2.83. The molecule has 5 rings (SSSR count). The summed E-state index contributed by atoms with van der Waals surface area (Å²) in [5.74, 6) is 1.94. The molecule has 4 nitrogen and oxygen atoms in total. The number of carbonyl (C=O) groups is 1. The van der Waals surface area contributed by atoms with Crippen LogP contribution in [-0.2, 0) is 17.4 Å². The minimum atomic E-state index is -4.39. The van der Waals surface area contributed by atoms with E-state index < -0.39 is 11.7 Å². The highest BCUT2D eigenvalue weighted by Crippen LogP contribution is 2.63. The Bertz CT molecular complexity index is 1160. The summed E-state index contributed by atoms with van der Waals surface area (Å²) in [6.45, 7) is 4.71. The van der Waals surface area contributed by atoms with Crippen molar-refractivity contribution < 1.29 is 22.7 Å². The van der Waals surface area contributed by atoms with E-state index >= 15 is 0 Å². The van der Waals surface area contributed by atoms with Crippen LogP contribution in [0.5, 0.6) is 5.75 Å². The highest BCUT2D eigenvalue weighted by molar-refractivity contribution is 5.77. The summed E-state index contributed by atoms with van der Waals surface area (Å²) in [4.78, 5) is 15.6. The molecule has 4 atom stereocenters. The van der Waals surface area contributed by atoms with Gasteiger partial charge < -0.3 is 10.1 Å². The van der Waals surface area contributed by atoms with Gasteiger partial charge in [-0.1, -0.05) is 19.1 Å². The molecule has 0 bridgehead atoms. The van der Waals surface area contributed by atoms with Gasteiger partial charge in [-0.3, -0.25) is 9.78 Å². The standard InChI is InChI=1S/C28H31F3N2O2/c1-3-33-26(34)16-35-20-5-7-21-17(13-20)4-6-23-22(21)10-11-27(2)24(8-9-25(23)27)18-12-19(15-32-14-18)28(29,30)31/h5,7-8,12-15,22-23,25H,3-4,6,9-11,16H2,1-2H3,(H,33,34)/t22-,23-,25+,27-/m1/s1. The molecule has 186 valence electrons. The molecule has 1 saturated carbocycles. The second-order valence-corrected chi connectivity index (χ2v) is 10.3. The summed E-state index contributed by atoms with van der Waals surface area (Å²) in [5, 5.41) is 2.74. The summed E-state index contributed by atoms with van der Waals surface area (Å²) in [7, 11) is 0. The van der Waals surface area contributed by atoms with E-state index in [1.54, 1.807) is 6.20 Å². The lowest BCUT2D eigenvalue weighted by molar-refractivity contribution is -0.137. The van der Waals surface area contributed by atoms with Crippen LogP contribution >= 0.6 is 0 Å². The average molecular weight is 485 g/mol. The molecule has 0 unspecified atom stereocenters. The van der Waals surface area contributed by atoms with Gasteiger partial charge in [0.05, 0.1) is 5.56 Å². The van der Waals surface area contributed by atoms with Crippen molar-refractivity contribution in [2.75, 3.05) is 13.2 Å². The molecule has 1 N–H and O–H groups in total. The van der Waals surface area contributed by atoms with Gasteiger partial charge in [0.15, 0.2) is 6.61 Å². The third-order valence-corrected chi connectivity index (χ3v) is 8.40. The number of aromatic nitrogens is 1. The maximum atomic E-state index is 13.3. The Morgan fingerprint density at radius 1 is 1.23 bits per heavy atom. The first-order valence-electron chi connectivity index (χ1n) is 12.5. The van der Waals surface area contributed by atoms with Crippen LogP contribution in [0.15, 0.2) is 42.7 Å². The number of alkyl halides is 3. The van der Waals surface area contributed by atoms with E-state index in [2.05, 4.69) is 35.4 Å². The van der Waals surface area contributed by atoms with Gasteiger partial charge in [-0.25, -0.2) is 0 Å². The predicted octanol–water partition coefficient (Wildman–Crippen LogP) is 6.16. The fourth-order valence-corrected chi connectivity index (χ4v) is 6.80. The fraction of sp³-hybridized carbons (Fsp3) is 0.500. The zero-order valence-electron chi connectivity index (χ0n) is 20.1. The SMILES string of the molecule is CCNC(=O)COc1ccc2c(c1)CC[C@@H]1[C@@H]2CC[C@]2(C)C(c3cncc(C(F)(F)F)c3)=CC[C@@H]12. The molecule has 3 aliphatic carbocycles. The van der Waals surface area contributed by atoms with E-state index in [9.17, 15) is 18.0 Å². The van der Waals surface area contributed by atoms with E-state index in [-0.39, 0.29) is 17.9 Å². The van der Waals surface area contributed by atoms with Crippen LogP contribution in [0.1, 0.15) is 67.7 Å². The number of fused-ring (bicyclic) bond motifs is 5. The number of aryl methyl sites for hydroxylation is 1. The van der Waals surface area contributed by atoms with Crippen LogP contribution in [-0.4, -0.2) is 24.0 Å². The number of benzene rings is 1. The van der Waals surface area contributed by atoms with Crippen molar-refractivity contribution in [3.63, 3.8) is 0 Å². The molecule has 3 aliphatic rings. The molecule has 0 aliphatic heterocycles. The average Bonchev–Trinajstić information content (AvgIpc) is 3.19. The summed E-state index contributed by atoms with van der Waals surface area (Å²) in [6, 6.07) is 7.45. The van der Waals surface area contributed by atoms with Crippen LogP contribution in [0.2, 0.25) is 0 Å². The monoisotopic (exact) mass is 484 g/mol. The zero-order chi connectivity index (χ0) is 24.8. The minimum absolute atomic E-state index is 0.0119. The van der Waals surface area contributed by atoms with Crippen molar-refractivity contribution in [1.82, 2.24) is 10.3 Å². The minimum Gasteiger partial charge on any atom is -0.484 e. The normalized spacial score (nSPS) is 27.3.